The van der Waals surface area contributed by atoms with E-state index in [1.165, 1.54) is 25.7 Å². The lowest BCUT2D eigenvalue weighted by Crippen LogP contribution is -2.56. The first kappa shape index (κ1) is 14.3. The molecule has 2 N–H and O–H groups in total. The molecule has 2 fully saturated rings. The summed E-state index contributed by atoms with van der Waals surface area (Å²) in [5, 5.41) is 0. The topological polar surface area (TPSA) is 38.5 Å². The van der Waals surface area contributed by atoms with E-state index in [4.69, 9.17) is 10.5 Å². The monoisotopic (exact) mass is 254 g/mol. The summed E-state index contributed by atoms with van der Waals surface area (Å²) in [5.74, 6) is 1.68. The largest absolute Gasteiger partial charge is 0.373 e. The van der Waals surface area contributed by atoms with E-state index < -0.39 is 0 Å². The highest BCUT2D eigenvalue weighted by Crippen LogP contribution is 2.33. The minimum atomic E-state index is -0.00798. The van der Waals surface area contributed by atoms with E-state index in [1.807, 2.05) is 0 Å². The van der Waals surface area contributed by atoms with Crippen LogP contribution in [0.25, 0.3) is 0 Å². The molecule has 3 nitrogen and oxygen atoms in total. The minimum absolute atomic E-state index is 0.00798. The molecule has 3 atom stereocenters. The van der Waals surface area contributed by atoms with Gasteiger partial charge in [0, 0.05) is 25.7 Å². The molecule has 3 unspecified atom stereocenters. The summed E-state index contributed by atoms with van der Waals surface area (Å²) in [7, 11) is 0. The van der Waals surface area contributed by atoms with Gasteiger partial charge in [-0.15, -0.1) is 0 Å². The fraction of sp³-hybridized carbons (Fsp3) is 1.00. The van der Waals surface area contributed by atoms with Gasteiger partial charge in [-0.3, -0.25) is 4.90 Å². The van der Waals surface area contributed by atoms with Gasteiger partial charge < -0.3 is 10.5 Å². The maximum Gasteiger partial charge on any atom is 0.0753 e. The summed E-state index contributed by atoms with van der Waals surface area (Å²) >= 11 is 0. The molecular weight excluding hydrogens is 224 g/mol. The number of nitrogens with two attached hydrogens (primary N) is 1. The van der Waals surface area contributed by atoms with Crippen LogP contribution < -0.4 is 5.73 Å². The van der Waals surface area contributed by atoms with Crippen molar-refractivity contribution in [2.75, 3.05) is 26.2 Å². The molecule has 1 aliphatic carbocycles. The quantitative estimate of drug-likeness (QED) is 0.839. The molecule has 3 heteroatoms. The number of ether oxygens (including phenoxy) is 1. The minimum Gasteiger partial charge on any atom is -0.373 e. The Labute approximate surface area is 112 Å². The average Bonchev–Trinajstić information content (AvgIpc) is 2.29. The Bertz CT molecular complexity index is 267. The lowest BCUT2D eigenvalue weighted by atomic mass is 9.78. The fourth-order valence-corrected chi connectivity index (χ4v) is 3.81. The smallest absolute Gasteiger partial charge is 0.0753 e. The van der Waals surface area contributed by atoms with Gasteiger partial charge in [0.1, 0.15) is 0 Å². The van der Waals surface area contributed by atoms with Gasteiger partial charge in [-0.1, -0.05) is 19.8 Å². The zero-order chi connectivity index (χ0) is 13.2. The summed E-state index contributed by atoms with van der Waals surface area (Å²) in [6.45, 7) is 10.5. The van der Waals surface area contributed by atoms with Gasteiger partial charge in [-0.05, 0) is 38.5 Å². The van der Waals surface area contributed by atoms with Crippen molar-refractivity contribution in [3.8, 4) is 0 Å². The molecular formula is C15H30N2O. The number of hydrogen-bond acceptors (Lipinski definition) is 3. The highest BCUT2D eigenvalue weighted by atomic mass is 16.5. The van der Waals surface area contributed by atoms with Crippen LogP contribution in [0.2, 0.25) is 0 Å². The fourth-order valence-electron chi connectivity index (χ4n) is 3.81. The van der Waals surface area contributed by atoms with Crippen molar-refractivity contribution in [1.29, 1.82) is 0 Å². The molecule has 1 aliphatic heterocycles. The molecule has 1 heterocycles. The van der Waals surface area contributed by atoms with Gasteiger partial charge in [0.15, 0.2) is 0 Å². The van der Waals surface area contributed by atoms with Crippen LogP contribution in [0.1, 0.15) is 46.5 Å². The van der Waals surface area contributed by atoms with Crippen LogP contribution in [0.3, 0.4) is 0 Å². The van der Waals surface area contributed by atoms with Gasteiger partial charge in [0.2, 0.25) is 0 Å². The van der Waals surface area contributed by atoms with E-state index in [2.05, 4.69) is 25.7 Å². The van der Waals surface area contributed by atoms with Gasteiger partial charge in [-0.25, -0.2) is 0 Å². The highest BCUT2D eigenvalue weighted by Gasteiger charge is 2.35. The summed E-state index contributed by atoms with van der Waals surface area (Å²) in [6.07, 6.45) is 5.52. The predicted molar refractivity (Wildman–Crippen MR) is 75.6 cm³/mol. The third-order valence-corrected chi connectivity index (χ3v) is 4.69. The SMILES string of the molecule is CC1CCCC(C(CN)N2CCOC(C)(C)C2)C1. The van der Waals surface area contributed by atoms with Gasteiger partial charge >= 0.3 is 0 Å². The Kier molecular flexibility index (Phi) is 4.68. The second kappa shape index (κ2) is 5.89. The van der Waals surface area contributed by atoms with Crippen molar-refractivity contribution in [2.24, 2.45) is 17.6 Å². The molecule has 0 radical (unpaired) electrons. The first-order chi connectivity index (χ1) is 8.52. The summed E-state index contributed by atoms with van der Waals surface area (Å²) < 4.78 is 5.82. The van der Waals surface area contributed by atoms with Gasteiger partial charge in [0.25, 0.3) is 0 Å². The van der Waals surface area contributed by atoms with Crippen LogP contribution in [-0.2, 0) is 4.74 Å². The van der Waals surface area contributed by atoms with Crippen LogP contribution in [0.4, 0.5) is 0 Å². The van der Waals surface area contributed by atoms with Crippen LogP contribution in [0.5, 0.6) is 0 Å². The van der Waals surface area contributed by atoms with Crippen molar-refractivity contribution in [3.05, 3.63) is 0 Å². The standard InChI is InChI=1S/C15H30N2O/c1-12-5-4-6-13(9-12)14(10-16)17-7-8-18-15(2,3)11-17/h12-14H,4-11,16H2,1-3H3. The molecule has 0 aromatic carbocycles. The lowest BCUT2D eigenvalue weighted by Gasteiger charge is -2.45. The number of rotatable bonds is 3. The predicted octanol–water partition coefficient (Wildman–Crippen LogP) is 2.25. The maximum atomic E-state index is 6.09. The molecule has 2 rings (SSSR count). The van der Waals surface area contributed by atoms with Crippen LogP contribution >= 0.6 is 0 Å². The van der Waals surface area contributed by atoms with Crippen molar-refractivity contribution in [1.82, 2.24) is 4.90 Å². The summed E-state index contributed by atoms with van der Waals surface area (Å²) in [4.78, 5) is 2.59. The Balaban J connectivity index is 1.98. The third-order valence-electron chi connectivity index (χ3n) is 4.69. The van der Waals surface area contributed by atoms with Crippen LogP contribution in [0.15, 0.2) is 0 Å². The summed E-state index contributed by atoms with van der Waals surface area (Å²) in [5.41, 5.74) is 6.08. The Hall–Kier alpha value is -0.120. The summed E-state index contributed by atoms with van der Waals surface area (Å²) in [6, 6.07) is 0.566. The Morgan fingerprint density at radius 2 is 2.17 bits per heavy atom. The lowest BCUT2D eigenvalue weighted by molar-refractivity contribution is -0.104. The van der Waals surface area contributed by atoms with E-state index in [9.17, 15) is 0 Å². The van der Waals surface area contributed by atoms with Gasteiger partial charge in [0.05, 0.1) is 12.2 Å². The normalized spacial score (nSPS) is 35.3. The molecule has 0 aromatic rings. The number of morpholine rings is 1. The Morgan fingerprint density at radius 3 is 2.78 bits per heavy atom. The molecule has 0 spiro atoms. The molecule has 18 heavy (non-hydrogen) atoms. The third kappa shape index (κ3) is 3.46. The van der Waals surface area contributed by atoms with Crippen molar-refractivity contribution < 1.29 is 4.74 Å². The van der Waals surface area contributed by atoms with Crippen LogP contribution in [0, 0.1) is 11.8 Å². The zero-order valence-electron chi connectivity index (χ0n) is 12.3. The first-order valence-corrected chi connectivity index (χ1v) is 7.60. The van der Waals surface area contributed by atoms with E-state index >= 15 is 0 Å². The van der Waals surface area contributed by atoms with E-state index in [1.54, 1.807) is 0 Å². The molecule has 0 aromatic heterocycles. The molecule has 0 bridgehead atoms. The van der Waals surface area contributed by atoms with Crippen molar-refractivity contribution >= 4 is 0 Å². The second-order valence-corrected chi connectivity index (χ2v) is 6.91. The Morgan fingerprint density at radius 1 is 1.39 bits per heavy atom. The highest BCUT2D eigenvalue weighted by molar-refractivity contribution is 4.89. The molecule has 1 saturated carbocycles. The number of nitrogens with zero attached hydrogens (tertiary/aromatic N) is 1. The first-order valence-electron chi connectivity index (χ1n) is 7.60. The average molecular weight is 254 g/mol. The maximum absolute atomic E-state index is 6.09. The van der Waals surface area contributed by atoms with E-state index in [0.717, 1.165) is 38.1 Å². The van der Waals surface area contributed by atoms with Crippen molar-refractivity contribution in [3.63, 3.8) is 0 Å². The molecule has 106 valence electrons. The van der Waals surface area contributed by atoms with E-state index in [0.29, 0.717) is 6.04 Å². The zero-order valence-corrected chi connectivity index (χ0v) is 12.3. The van der Waals surface area contributed by atoms with E-state index in [-0.39, 0.29) is 5.60 Å². The van der Waals surface area contributed by atoms with Gasteiger partial charge in [-0.2, -0.15) is 0 Å². The van der Waals surface area contributed by atoms with Crippen molar-refractivity contribution in [2.45, 2.75) is 58.1 Å². The molecule has 2 aliphatic rings. The molecule has 1 saturated heterocycles. The second-order valence-electron chi connectivity index (χ2n) is 6.91. The number of hydrogen-bond donors (Lipinski definition) is 1. The molecule has 0 amide bonds. The van der Waals surface area contributed by atoms with Crippen LogP contribution in [-0.4, -0.2) is 42.8 Å².